The molecule has 0 heterocycles. The molecule has 0 aromatic rings. The highest BCUT2D eigenvalue weighted by Crippen LogP contribution is 2.35. The van der Waals surface area contributed by atoms with Gasteiger partial charge in [0.15, 0.2) is 0 Å². The minimum Gasteiger partial charge on any atom is -0.353 e. The molecule has 720 valence electrons. The number of hydrazine groups is 12. The van der Waals surface area contributed by atoms with Crippen molar-refractivity contribution >= 4 is 168 Å². The molecule has 0 radical (unpaired) electrons. The first-order valence-corrected chi connectivity index (χ1v) is 40.4. The average molecular weight is 1850 g/mol. The van der Waals surface area contributed by atoms with E-state index in [-0.39, 0.29) is 69.6 Å². The highest BCUT2D eigenvalue weighted by molar-refractivity contribution is 6.61. The van der Waals surface area contributed by atoms with E-state index in [4.69, 9.17) is 0 Å². The maximum atomic E-state index is 12.5. The first-order valence-electron chi connectivity index (χ1n) is 40.4. The Balaban J connectivity index is 1.38. The molecule has 2 saturated carbocycles. The molecular weight excluding hydrogens is 1730 g/mol. The molecule has 0 aromatic carbocycles. The highest BCUT2D eigenvalue weighted by atomic mass is 16.2. The number of amides is 4. The van der Waals surface area contributed by atoms with Crippen molar-refractivity contribution < 1.29 is 139 Å². The molecule has 0 bridgehead atoms. The minimum absolute atomic E-state index is 0.0503. The molecule has 58 heteroatoms. The lowest BCUT2D eigenvalue weighted by Gasteiger charge is -2.34. The SMILES string of the molecule is CNCC(=O)NC1CCC(CC2CCC(NC(=O)CC(=O)NCNNCNNCNNCNNCNNCNNCNNCNNCNNCNNCNNCNNCNC(=O)CC(=O)C(=O)CC(=O)C(=O)CC(=O)C(=O)CC(=O)C(=O)CC(=O)C(=O)CC(=O)C(=O)CC(=O)C(=O)CC(=O)C(=O)CC(=O)C(=O)CC(=O)C(=O)CC(=O)C(=O)CC(=O)C(=O)CC(C)=O)CC2)CC1. The Morgan fingerprint density at radius 3 is 0.531 bits per heavy atom. The molecule has 4 amide bonds. The zero-order valence-corrected chi connectivity index (χ0v) is 71.3. The Kier molecular flexibility index (Phi) is 59.8. The first kappa shape index (κ1) is 115. The van der Waals surface area contributed by atoms with Crippen LogP contribution in [0.2, 0.25) is 0 Å². The van der Waals surface area contributed by atoms with Gasteiger partial charge in [-0.15, -0.1) is 0 Å². The Morgan fingerprint density at radius 1 is 0.185 bits per heavy atom. The van der Waals surface area contributed by atoms with E-state index in [2.05, 4.69) is 157 Å². The van der Waals surface area contributed by atoms with Crippen LogP contribution in [-0.2, 0) is 139 Å². The van der Waals surface area contributed by atoms with Crippen molar-refractivity contribution in [3.63, 3.8) is 0 Å². The molecule has 0 aromatic heterocycles. The summed E-state index contributed by atoms with van der Waals surface area (Å²) in [6, 6.07) is 0.362. The van der Waals surface area contributed by atoms with Crippen molar-refractivity contribution in [3.05, 3.63) is 0 Å². The average Bonchev–Trinajstić information content (AvgIpc) is 0.868. The maximum absolute atomic E-state index is 12.5. The number of Topliss-reactive ketones (excluding diaryl/α,β-unsaturated/α-hetero) is 25. The van der Waals surface area contributed by atoms with E-state index in [0.29, 0.717) is 71.7 Å². The van der Waals surface area contributed by atoms with E-state index in [0.717, 1.165) is 58.3 Å². The van der Waals surface area contributed by atoms with Crippen LogP contribution >= 0.6 is 0 Å². The summed E-state index contributed by atoms with van der Waals surface area (Å²) in [6.07, 6.45) is -10.3. The quantitative estimate of drug-likeness (QED) is 0.00884. The first-order chi connectivity index (χ1) is 61.9. The topological polar surface area (TPSA) is 844 Å². The van der Waals surface area contributed by atoms with E-state index in [1.165, 1.54) is 6.42 Å². The summed E-state index contributed by atoms with van der Waals surface area (Å²) in [4.78, 5) is 352. The summed E-state index contributed by atoms with van der Waals surface area (Å²) >= 11 is 0. The number of hydrogen-bond donors (Lipinski definition) is 29. The van der Waals surface area contributed by atoms with Gasteiger partial charge in [-0.2, -0.15) is 0 Å². The van der Waals surface area contributed by atoms with Gasteiger partial charge in [-0.25, -0.2) is 130 Å². The molecule has 0 aliphatic heterocycles. The minimum atomic E-state index is -1.86. The lowest BCUT2D eigenvalue weighted by atomic mass is 9.75. The van der Waals surface area contributed by atoms with Crippen LogP contribution in [0, 0.1) is 11.8 Å². The number of carbonyl (C=O) groups excluding carboxylic acids is 29. The van der Waals surface area contributed by atoms with Crippen LogP contribution in [0.3, 0.4) is 0 Å². The molecule has 58 nitrogen and oxygen atoms in total. The van der Waals surface area contributed by atoms with Gasteiger partial charge in [0.05, 0.1) is 177 Å². The number of carbonyl (C=O) groups is 29. The Morgan fingerprint density at radius 2 is 0.346 bits per heavy atom. The summed E-state index contributed by atoms with van der Waals surface area (Å²) in [5, 5.41) is 13.9. The predicted molar refractivity (Wildman–Crippen MR) is 437 cm³/mol. The second-order valence-electron chi connectivity index (χ2n) is 28.4. The Bertz CT molecular complexity index is 4080. The van der Waals surface area contributed by atoms with Crippen LogP contribution in [0.1, 0.15) is 155 Å². The third kappa shape index (κ3) is 54.2. The summed E-state index contributed by atoms with van der Waals surface area (Å²) in [5.41, 5.74) is 69.0. The van der Waals surface area contributed by atoms with Gasteiger partial charge < -0.3 is 26.6 Å². The van der Waals surface area contributed by atoms with E-state index in [1.54, 1.807) is 7.05 Å². The van der Waals surface area contributed by atoms with Gasteiger partial charge in [-0.3, -0.25) is 139 Å². The van der Waals surface area contributed by atoms with Crippen LogP contribution in [0.5, 0.6) is 0 Å². The fourth-order valence-corrected chi connectivity index (χ4v) is 11.2. The van der Waals surface area contributed by atoms with Crippen molar-refractivity contribution in [2.45, 2.75) is 167 Å². The second kappa shape index (κ2) is 67.8. The fraction of sp³-hybridized carbons (Fsp3) is 0.597. The normalized spacial score (nSPS) is 14.5. The zero-order chi connectivity index (χ0) is 96.7. The van der Waals surface area contributed by atoms with Crippen molar-refractivity contribution in [2.75, 3.05) is 100 Å². The fourth-order valence-electron chi connectivity index (χ4n) is 11.2. The van der Waals surface area contributed by atoms with Crippen LogP contribution in [0.15, 0.2) is 0 Å². The third-order valence-corrected chi connectivity index (χ3v) is 17.9. The molecule has 130 heavy (non-hydrogen) atoms. The second-order valence-corrected chi connectivity index (χ2v) is 28.4. The summed E-state index contributed by atoms with van der Waals surface area (Å²) < 4.78 is 0. The van der Waals surface area contributed by atoms with Crippen molar-refractivity contribution in [1.82, 2.24) is 157 Å². The number of hydrogen-bond acceptors (Lipinski definition) is 54. The van der Waals surface area contributed by atoms with Crippen molar-refractivity contribution in [1.29, 1.82) is 0 Å². The van der Waals surface area contributed by atoms with Gasteiger partial charge in [0.25, 0.3) is 0 Å². The molecule has 0 spiro atoms. The zero-order valence-electron chi connectivity index (χ0n) is 71.3. The van der Waals surface area contributed by atoms with Crippen LogP contribution in [-0.4, -0.2) is 281 Å². The summed E-state index contributed by atoms with van der Waals surface area (Å²) in [6.45, 7) is 4.65. The van der Waals surface area contributed by atoms with E-state index < -0.39 is 234 Å². The maximum Gasteiger partial charge on any atom is 0.234 e. The summed E-state index contributed by atoms with van der Waals surface area (Å²) in [5.74, 6) is -42.7. The smallest absolute Gasteiger partial charge is 0.234 e. The molecule has 0 unspecified atom stereocenters. The lowest BCUT2D eigenvalue weighted by molar-refractivity contribution is -0.147. The van der Waals surface area contributed by atoms with E-state index in [9.17, 15) is 139 Å². The Labute approximate surface area is 740 Å². The summed E-state index contributed by atoms with van der Waals surface area (Å²) in [7, 11) is 1.77. The molecule has 2 aliphatic carbocycles. The number of ketones is 25. The Hall–Kier alpha value is -11.4. The predicted octanol–water partition coefficient (Wildman–Crippen LogP) is -16.5. The van der Waals surface area contributed by atoms with Crippen LogP contribution < -0.4 is 157 Å². The highest BCUT2D eigenvalue weighted by Gasteiger charge is 2.36. The van der Waals surface area contributed by atoms with Crippen LogP contribution in [0.25, 0.3) is 0 Å². The molecule has 0 saturated heterocycles. The van der Waals surface area contributed by atoms with Crippen molar-refractivity contribution in [2.24, 2.45) is 11.8 Å². The van der Waals surface area contributed by atoms with Gasteiger partial charge in [-0.05, 0) is 83.6 Å². The van der Waals surface area contributed by atoms with Gasteiger partial charge in [-0.1, -0.05) is 0 Å². The monoisotopic (exact) mass is 1850 g/mol. The molecule has 2 aliphatic rings. The van der Waals surface area contributed by atoms with Gasteiger partial charge in [0.1, 0.15) is 12.2 Å². The number of rotatable bonds is 84. The molecule has 0 atom stereocenters. The standard InChI is InChI=1S/C72H113N29O29/c1-40(102)11-45(103)46(104)13-47(105)48(106)14-49(107)50(108)15-51(109)52(110)16-53(111)54(112)17-55(113)56(114)18-57(115)58(116)19-59(117)60(118)20-61(119)62(120)21-63(121)64(122)22-65(123)66(124)23-67(125)68(126)24-69(127)74-27-76-78-29-80-82-31-84-86-33-88-90-35-92-94-37-96-98-39-99-97-38-95-93-36-91-89-34-87-85-32-83-81-30-79-77-28-75-70(128)25-71(129)100-43-7-3-41(4-8-43)12-42-5-9-44(10-6-42)101-72(130)26-73-2/h41-44,73,76-99H,3-39H2,1-2H3,(H,74,127)(H,75,128)(H,100,129)(H,101,130). The van der Waals surface area contributed by atoms with E-state index >= 15 is 0 Å². The molecular formula is C72H113N29O29. The largest absolute Gasteiger partial charge is 0.353 e. The number of nitrogens with one attached hydrogen (secondary N) is 29. The third-order valence-electron chi connectivity index (χ3n) is 17.9. The molecule has 29 N–H and O–H groups in total. The van der Waals surface area contributed by atoms with E-state index in [1.807, 2.05) is 0 Å². The van der Waals surface area contributed by atoms with Crippen molar-refractivity contribution in [3.8, 4) is 0 Å². The lowest BCUT2D eigenvalue weighted by Crippen LogP contribution is -2.55. The van der Waals surface area contributed by atoms with Gasteiger partial charge >= 0.3 is 0 Å². The molecule has 2 rings (SSSR count). The number of likely N-dealkylation sites (N-methyl/N-ethyl adjacent to an activating group) is 1. The van der Waals surface area contributed by atoms with Gasteiger partial charge in [0.2, 0.25) is 162 Å². The van der Waals surface area contributed by atoms with Crippen LogP contribution in [0.4, 0.5) is 0 Å². The van der Waals surface area contributed by atoms with Gasteiger partial charge in [0, 0.05) is 12.1 Å². The molecule has 2 fully saturated rings.